The van der Waals surface area contributed by atoms with Gasteiger partial charge in [-0.1, -0.05) is 24.3 Å². The highest BCUT2D eigenvalue weighted by Gasteiger charge is 2.11. The van der Waals surface area contributed by atoms with E-state index < -0.39 is 4.92 Å². The number of nitrogens with zero attached hydrogens (tertiary/aromatic N) is 1. The number of nitro groups is 1. The first-order chi connectivity index (χ1) is 13.1. The minimum Gasteiger partial charge on any atom is -0.493 e. The molecule has 0 aromatic heterocycles. The van der Waals surface area contributed by atoms with Crippen LogP contribution in [0.4, 0.5) is 16.2 Å². The molecule has 0 aliphatic carbocycles. The molecule has 9 heteroatoms. The van der Waals surface area contributed by atoms with Crippen molar-refractivity contribution in [3.05, 3.63) is 58.6 Å². The summed E-state index contributed by atoms with van der Waals surface area (Å²) in [5.74, 6) is 1.24. The molecule has 0 aliphatic heterocycles. The number of ether oxygens (including phenoxy) is 2. The van der Waals surface area contributed by atoms with Gasteiger partial charge in [0.05, 0.1) is 18.6 Å². The summed E-state index contributed by atoms with van der Waals surface area (Å²) in [7, 11) is 1.56. The van der Waals surface area contributed by atoms with Gasteiger partial charge < -0.3 is 25.4 Å². The Morgan fingerprint density at radius 2 is 1.67 bits per heavy atom. The van der Waals surface area contributed by atoms with Crippen molar-refractivity contribution in [2.24, 2.45) is 0 Å². The lowest BCUT2D eigenvalue weighted by atomic mass is 10.2. The maximum absolute atomic E-state index is 11.7. The first-order valence-corrected chi connectivity index (χ1v) is 8.36. The van der Waals surface area contributed by atoms with E-state index in [9.17, 15) is 14.9 Å². The minimum absolute atomic E-state index is 0.00422. The second-order valence-corrected chi connectivity index (χ2v) is 5.38. The quantitative estimate of drug-likeness (QED) is 0.334. The highest BCUT2D eigenvalue weighted by molar-refractivity contribution is 5.73. The van der Waals surface area contributed by atoms with Crippen molar-refractivity contribution in [3.63, 3.8) is 0 Å². The van der Waals surface area contributed by atoms with Gasteiger partial charge in [-0.3, -0.25) is 10.1 Å². The van der Waals surface area contributed by atoms with E-state index in [1.165, 1.54) is 6.07 Å². The highest BCUT2D eigenvalue weighted by Crippen LogP contribution is 2.25. The first-order valence-electron chi connectivity index (χ1n) is 8.36. The number of methoxy groups -OCH3 is 1. The fourth-order valence-corrected chi connectivity index (χ4v) is 2.28. The average Bonchev–Trinajstić information content (AvgIpc) is 2.69. The Hall–Kier alpha value is -3.49. The Labute approximate surface area is 156 Å². The van der Waals surface area contributed by atoms with Crippen molar-refractivity contribution < 1.29 is 19.2 Å². The van der Waals surface area contributed by atoms with E-state index in [2.05, 4.69) is 16.0 Å². The topological polar surface area (TPSA) is 115 Å². The Bertz CT molecular complexity index is 769. The van der Waals surface area contributed by atoms with Crippen LogP contribution in [0.2, 0.25) is 0 Å². The van der Waals surface area contributed by atoms with Crippen LogP contribution in [0.5, 0.6) is 11.5 Å². The molecule has 0 saturated heterocycles. The van der Waals surface area contributed by atoms with Crippen LogP contribution >= 0.6 is 0 Å². The van der Waals surface area contributed by atoms with Gasteiger partial charge in [0, 0.05) is 19.2 Å². The summed E-state index contributed by atoms with van der Waals surface area (Å²) in [6.07, 6.45) is 0. The number of nitrogens with one attached hydrogen (secondary N) is 3. The zero-order chi connectivity index (χ0) is 19.5. The number of para-hydroxylation sites is 4. The second-order valence-electron chi connectivity index (χ2n) is 5.38. The van der Waals surface area contributed by atoms with Crippen molar-refractivity contribution in [2.75, 3.05) is 38.7 Å². The Morgan fingerprint density at radius 1 is 1.00 bits per heavy atom. The third-order valence-electron chi connectivity index (χ3n) is 3.54. The molecule has 2 amide bonds. The van der Waals surface area contributed by atoms with E-state index in [0.717, 1.165) is 0 Å². The molecule has 2 aromatic rings. The fourth-order valence-electron chi connectivity index (χ4n) is 2.28. The van der Waals surface area contributed by atoms with Crippen LogP contribution in [0.15, 0.2) is 48.5 Å². The molecule has 2 rings (SSSR count). The molecule has 0 atom stereocenters. The van der Waals surface area contributed by atoms with Crippen LogP contribution in [0.25, 0.3) is 0 Å². The fraction of sp³-hybridized carbons (Fsp3) is 0.278. The van der Waals surface area contributed by atoms with Crippen LogP contribution in [0.3, 0.4) is 0 Å². The number of nitro benzene ring substituents is 1. The summed E-state index contributed by atoms with van der Waals surface area (Å²) in [4.78, 5) is 22.2. The summed E-state index contributed by atoms with van der Waals surface area (Å²) < 4.78 is 10.7. The average molecular weight is 374 g/mol. The normalized spacial score (nSPS) is 9.96. The van der Waals surface area contributed by atoms with Crippen molar-refractivity contribution in [2.45, 2.75) is 0 Å². The third kappa shape index (κ3) is 6.38. The lowest BCUT2D eigenvalue weighted by molar-refractivity contribution is -0.384. The number of anilines is 1. The van der Waals surface area contributed by atoms with E-state index in [0.29, 0.717) is 43.4 Å². The molecule has 0 heterocycles. The van der Waals surface area contributed by atoms with Gasteiger partial charge >= 0.3 is 6.03 Å². The molecule has 27 heavy (non-hydrogen) atoms. The number of benzene rings is 2. The second kappa shape index (κ2) is 10.5. The Kier molecular flexibility index (Phi) is 7.70. The number of rotatable bonds is 10. The van der Waals surface area contributed by atoms with Crippen LogP contribution in [0.1, 0.15) is 0 Å². The van der Waals surface area contributed by atoms with Crippen LogP contribution in [-0.2, 0) is 0 Å². The molecule has 0 spiro atoms. The number of hydrogen-bond acceptors (Lipinski definition) is 6. The van der Waals surface area contributed by atoms with E-state index in [1.807, 2.05) is 12.1 Å². The van der Waals surface area contributed by atoms with Gasteiger partial charge in [-0.25, -0.2) is 4.79 Å². The van der Waals surface area contributed by atoms with E-state index in [1.54, 1.807) is 37.4 Å². The smallest absolute Gasteiger partial charge is 0.314 e. The monoisotopic (exact) mass is 374 g/mol. The van der Waals surface area contributed by atoms with Gasteiger partial charge in [0.2, 0.25) is 0 Å². The number of amides is 2. The van der Waals surface area contributed by atoms with Crippen LogP contribution in [0, 0.1) is 10.1 Å². The Morgan fingerprint density at radius 3 is 2.41 bits per heavy atom. The largest absolute Gasteiger partial charge is 0.493 e. The van der Waals surface area contributed by atoms with Crippen molar-refractivity contribution in [3.8, 4) is 11.5 Å². The Balaban J connectivity index is 1.62. The van der Waals surface area contributed by atoms with E-state index >= 15 is 0 Å². The number of carbonyl (C=O) groups excluding carboxylic acids is 1. The summed E-state index contributed by atoms with van der Waals surface area (Å²) in [5.41, 5.74) is 0.408. The summed E-state index contributed by atoms with van der Waals surface area (Å²) in [6.45, 7) is 1.28. The minimum atomic E-state index is -0.454. The molecule has 0 aliphatic rings. The SMILES string of the molecule is COc1ccccc1OCCNC(=O)NCCNc1ccccc1[N+](=O)[O-]. The first kappa shape index (κ1) is 19.8. The number of urea groups is 1. The lowest BCUT2D eigenvalue weighted by Gasteiger charge is -2.12. The predicted molar refractivity (Wildman–Crippen MR) is 101 cm³/mol. The van der Waals surface area contributed by atoms with E-state index in [-0.39, 0.29) is 11.7 Å². The highest BCUT2D eigenvalue weighted by atomic mass is 16.6. The van der Waals surface area contributed by atoms with E-state index in [4.69, 9.17) is 9.47 Å². The molecular weight excluding hydrogens is 352 g/mol. The van der Waals surface area contributed by atoms with Gasteiger partial charge in [-0.2, -0.15) is 0 Å². The zero-order valence-electron chi connectivity index (χ0n) is 14.9. The van der Waals surface area contributed by atoms with Crippen molar-refractivity contribution in [1.29, 1.82) is 0 Å². The lowest BCUT2D eigenvalue weighted by Crippen LogP contribution is -2.39. The molecule has 0 radical (unpaired) electrons. The van der Waals surface area contributed by atoms with Gasteiger partial charge in [0.1, 0.15) is 12.3 Å². The molecule has 144 valence electrons. The molecule has 2 aromatic carbocycles. The van der Waals surface area contributed by atoms with Gasteiger partial charge in [-0.15, -0.1) is 0 Å². The predicted octanol–water partition coefficient (Wildman–Crippen LogP) is 2.39. The molecule has 0 fully saturated rings. The summed E-state index contributed by atoms with van der Waals surface area (Å²) >= 11 is 0. The van der Waals surface area contributed by atoms with Crippen LogP contribution < -0.4 is 25.4 Å². The molecule has 0 bridgehead atoms. The maximum atomic E-state index is 11.7. The van der Waals surface area contributed by atoms with Crippen molar-refractivity contribution in [1.82, 2.24) is 10.6 Å². The van der Waals surface area contributed by atoms with Gasteiger partial charge in [-0.05, 0) is 18.2 Å². The summed E-state index contributed by atoms with van der Waals surface area (Å²) in [5, 5.41) is 19.2. The number of carbonyl (C=O) groups is 1. The third-order valence-corrected chi connectivity index (χ3v) is 3.54. The molecule has 9 nitrogen and oxygen atoms in total. The van der Waals surface area contributed by atoms with Gasteiger partial charge in [0.15, 0.2) is 11.5 Å². The standard InChI is InChI=1S/C18H22N4O5/c1-26-16-8-4-5-9-17(16)27-13-12-21-18(23)20-11-10-19-14-6-2-3-7-15(14)22(24)25/h2-9,19H,10-13H2,1H3,(H2,20,21,23). The van der Waals surface area contributed by atoms with Gasteiger partial charge in [0.25, 0.3) is 5.69 Å². The maximum Gasteiger partial charge on any atom is 0.314 e. The zero-order valence-corrected chi connectivity index (χ0v) is 14.9. The summed E-state index contributed by atoms with van der Waals surface area (Å²) in [6, 6.07) is 13.3. The number of hydrogen-bond donors (Lipinski definition) is 3. The molecule has 0 unspecified atom stereocenters. The molecule has 0 saturated carbocycles. The molecule has 3 N–H and O–H groups in total. The van der Waals surface area contributed by atoms with Crippen molar-refractivity contribution >= 4 is 17.4 Å². The van der Waals surface area contributed by atoms with Crippen LogP contribution in [-0.4, -0.2) is 44.3 Å². The molecular formula is C18H22N4O5.